The molecule has 0 bridgehead atoms. The number of benzene rings is 3. The SMILES string of the molecule is O[C@@H]1C=Cc2c(cc3c4c2ccc2cccc(c24)C3)[C@H]1O. The van der Waals surface area contributed by atoms with Gasteiger partial charge in [0.15, 0.2) is 0 Å². The van der Waals surface area contributed by atoms with Gasteiger partial charge in [0.25, 0.3) is 0 Å². The summed E-state index contributed by atoms with van der Waals surface area (Å²) in [6, 6.07) is 12.8. The first kappa shape index (κ1) is 11.5. The molecule has 21 heavy (non-hydrogen) atoms. The molecular weight excluding hydrogens is 260 g/mol. The molecule has 0 aliphatic heterocycles. The average Bonchev–Trinajstić information content (AvgIpc) is 2.88. The number of hydrogen-bond acceptors (Lipinski definition) is 2. The van der Waals surface area contributed by atoms with Crippen LogP contribution in [-0.2, 0) is 6.42 Å². The second kappa shape index (κ2) is 3.73. The van der Waals surface area contributed by atoms with Gasteiger partial charge < -0.3 is 10.2 Å². The predicted octanol–water partition coefficient (Wildman–Crippen LogP) is 3.32. The lowest BCUT2D eigenvalue weighted by molar-refractivity contribution is 0.0471. The summed E-state index contributed by atoms with van der Waals surface area (Å²) in [5.74, 6) is 0. The normalized spacial score (nSPS) is 22.4. The molecule has 2 aliphatic carbocycles. The van der Waals surface area contributed by atoms with Crippen molar-refractivity contribution in [2.75, 3.05) is 0 Å². The highest BCUT2D eigenvalue weighted by Gasteiger charge is 2.27. The summed E-state index contributed by atoms with van der Waals surface area (Å²) in [7, 11) is 0. The molecule has 0 fully saturated rings. The zero-order valence-corrected chi connectivity index (χ0v) is 11.4. The van der Waals surface area contributed by atoms with Gasteiger partial charge in [-0.25, -0.2) is 0 Å². The maximum Gasteiger partial charge on any atom is 0.109 e. The van der Waals surface area contributed by atoms with E-state index in [9.17, 15) is 10.2 Å². The molecule has 0 spiro atoms. The molecule has 2 heteroatoms. The summed E-state index contributed by atoms with van der Waals surface area (Å²) in [6.45, 7) is 0. The smallest absolute Gasteiger partial charge is 0.109 e. The van der Waals surface area contributed by atoms with Crippen molar-refractivity contribution in [2.24, 2.45) is 0 Å². The Hall–Kier alpha value is -2.16. The molecule has 0 unspecified atom stereocenters. The average molecular weight is 274 g/mol. The van der Waals surface area contributed by atoms with E-state index in [-0.39, 0.29) is 0 Å². The third-order valence-electron chi connectivity index (χ3n) is 4.87. The third kappa shape index (κ3) is 1.34. The van der Waals surface area contributed by atoms with Crippen LogP contribution in [0.4, 0.5) is 0 Å². The van der Waals surface area contributed by atoms with Gasteiger partial charge in [0.05, 0.1) is 0 Å². The van der Waals surface area contributed by atoms with Gasteiger partial charge in [-0.15, -0.1) is 0 Å². The Balaban J connectivity index is 1.99. The minimum atomic E-state index is -0.829. The van der Waals surface area contributed by atoms with E-state index >= 15 is 0 Å². The zero-order valence-electron chi connectivity index (χ0n) is 11.4. The van der Waals surface area contributed by atoms with E-state index in [2.05, 4.69) is 36.4 Å². The van der Waals surface area contributed by atoms with Gasteiger partial charge in [0.2, 0.25) is 0 Å². The van der Waals surface area contributed by atoms with Crippen molar-refractivity contribution in [3.63, 3.8) is 0 Å². The van der Waals surface area contributed by atoms with Crippen molar-refractivity contribution < 1.29 is 10.2 Å². The molecule has 0 amide bonds. The summed E-state index contributed by atoms with van der Waals surface area (Å²) in [5, 5.41) is 25.3. The van der Waals surface area contributed by atoms with Crippen molar-refractivity contribution >= 4 is 27.6 Å². The Kier molecular flexibility index (Phi) is 2.04. The van der Waals surface area contributed by atoms with Crippen LogP contribution in [-0.4, -0.2) is 16.3 Å². The molecule has 2 aliphatic rings. The third-order valence-corrected chi connectivity index (χ3v) is 4.87. The van der Waals surface area contributed by atoms with Crippen LogP contribution in [0.5, 0.6) is 0 Å². The molecule has 0 saturated carbocycles. The second-order valence-corrected chi connectivity index (χ2v) is 6.01. The summed E-state index contributed by atoms with van der Waals surface area (Å²) in [6.07, 6.45) is 2.89. The van der Waals surface area contributed by atoms with Gasteiger partial charge in [0.1, 0.15) is 12.2 Å². The van der Waals surface area contributed by atoms with Gasteiger partial charge in [-0.1, -0.05) is 48.6 Å². The van der Waals surface area contributed by atoms with Gasteiger partial charge in [-0.05, 0) is 50.2 Å². The maximum atomic E-state index is 10.3. The number of aliphatic hydroxyl groups is 2. The molecule has 0 radical (unpaired) electrons. The van der Waals surface area contributed by atoms with E-state index < -0.39 is 12.2 Å². The molecule has 0 heterocycles. The lowest BCUT2D eigenvalue weighted by Gasteiger charge is -2.24. The van der Waals surface area contributed by atoms with Crippen LogP contribution in [0.2, 0.25) is 0 Å². The van der Waals surface area contributed by atoms with Crippen molar-refractivity contribution in [1.29, 1.82) is 0 Å². The molecule has 3 aromatic carbocycles. The first-order valence-electron chi connectivity index (χ1n) is 7.28. The highest BCUT2D eigenvalue weighted by molar-refractivity contribution is 6.15. The van der Waals surface area contributed by atoms with Crippen LogP contribution in [0.3, 0.4) is 0 Å². The van der Waals surface area contributed by atoms with Crippen molar-refractivity contribution in [1.82, 2.24) is 0 Å². The quantitative estimate of drug-likeness (QED) is 0.483. The van der Waals surface area contributed by atoms with Gasteiger partial charge in [0, 0.05) is 0 Å². The Morgan fingerprint density at radius 2 is 1.86 bits per heavy atom. The standard InChI is InChI=1S/C19H14O2/c20-16-7-6-13-14-5-4-10-2-1-3-11-8-12(18(14)17(10)11)9-15(13)19(16)21/h1-7,9,16,19-21H,8H2/t16-,19-/m1/s1. The van der Waals surface area contributed by atoms with Crippen LogP contribution < -0.4 is 0 Å². The Morgan fingerprint density at radius 1 is 0.952 bits per heavy atom. The molecule has 0 aromatic heterocycles. The number of fused-ring (bicyclic) bond motifs is 2. The zero-order chi connectivity index (χ0) is 14.1. The summed E-state index contributed by atoms with van der Waals surface area (Å²) < 4.78 is 0. The summed E-state index contributed by atoms with van der Waals surface area (Å²) in [5.41, 5.74) is 4.51. The van der Waals surface area contributed by atoms with E-state index in [1.807, 2.05) is 6.08 Å². The lowest BCUT2D eigenvalue weighted by Crippen LogP contribution is -2.19. The fraction of sp³-hybridized carbons (Fsp3) is 0.158. The van der Waals surface area contributed by atoms with Gasteiger partial charge >= 0.3 is 0 Å². The topological polar surface area (TPSA) is 40.5 Å². The largest absolute Gasteiger partial charge is 0.386 e. The van der Waals surface area contributed by atoms with Crippen LogP contribution in [0, 0.1) is 0 Å². The van der Waals surface area contributed by atoms with Crippen molar-refractivity contribution in [3.05, 3.63) is 64.7 Å². The molecular formula is C19H14O2. The van der Waals surface area contributed by atoms with Crippen LogP contribution in [0.25, 0.3) is 27.6 Å². The maximum absolute atomic E-state index is 10.3. The van der Waals surface area contributed by atoms with Crippen LogP contribution in [0.15, 0.2) is 42.5 Å². The van der Waals surface area contributed by atoms with Crippen LogP contribution >= 0.6 is 0 Å². The van der Waals surface area contributed by atoms with Crippen LogP contribution in [0.1, 0.15) is 28.4 Å². The minimum absolute atomic E-state index is 0.811. The van der Waals surface area contributed by atoms with E-state index in [4.69, 9.17) is 0 Å². The Bertz CT molecular complexity index is 953. The Labute approximate surface area is 122 Å². The van der Waals surface area contributed by atoms with Gasteiger partial charge in [-0.2, -0.15) is 0 Å². The predicted molar refractivity (Wildman–Crippen MR) is 84.3 cm³/mol. The summed E-state index contributed by atoms with van der Waals surface area (Å²) >= 11 is 0. The minimum Gasteiger partial charge on any atom is -0.386 e. The van der Waals surface area contributed by atoms with Crippen molar-refractivity contribution in [2.45, 2.75) is 18.6 Å². The first-order valence-corrected chi connectivity index (χ1v) is 7.28. The number of rotatable bonds is 0. The van der Waals surface area contributed by atoms with E-state index in [1.165, 1.54) is 32.7 Å². The first-order chi connectivity index (χ1) is 10.2. The molecule has 0 saturated heterocycles. The van der Waals surface area contributed by atoms with E-state index in [0.717, 1.165) is 17.5 Å². The number of hydrogen-bond donors (Lipinski definition) is 2. The summed E-state index contributed by atoms with van der Waals surface area (Å²) in [4.78, 5) is 0. The second-order valence-electron chi connectivity index (χ2n) is 6.01. The molecule has 5 rings (SSSR count). The van der Waals surface area contributed by atoms with E-state index in [1.54, 1.807) is 6.08 Å². The molecule has 102 valence electrons. The van der Waals surface area contributed by atoms with E-state index in [0.29, 0.717) is 0 Å². The number of aliphatic hydroxyl groups excluding tert-OH is 2. The fourth-order valence-electron chi connectivity index (χ4n) is 3.91. The molecule has 3 aromatic rings. The molecule has 2 N–H and O–H groups in total. The molecule has 2 atom stereocenters. The highest BCUT2D eigenvalue weighted by atomic mass is 16.3. The van der Waals surface area contributed by atoms with Crippen molar-refractivity contribution in [3.8, 4) is 0 Å². The van der Waals surface area contributed by atoms with Gasteiger partial charge in [-0.3, -0.25) is 0 Å². The lowest BCUT2D eigenvalue weighted by atomic mass is 9.87. The monoisotopic (exact) mass is 274 g/mol. The Morgan fingerprint density at radius 3 is 2.76 bits per heavy atom. The molecule has 2 nitrogen and oxygen atoms in total. The highest BCUT2D eigenvalue weighted by Crippen LogP contribution is 2.43. The fourth-order valence-corrected chi connectivity index (χ4v) is 3.91.